The smallest absolute Gasteiger partial charge is 0.145 e. The molecule has 12 rings (SSSR count). The average Bonchev–Trinajstić information content (AvgIpc) is 3.89. The standard InChI is InChI=1S/C58H38N2O/c1-3-15-40(16-4-1)49-37-38-54(57-51-23-10-12-28-55(51)61-58(49)57)59(44-33-29-41(30-34-44)47-24-13-18-39-17-7-8-21-46(39)47)45-35-31-42(32-36-45)48-25-14-27-53-56(48)50-22-9-11-26-52(50)60(53)43-19-5-2-6-20-43/h1-38H. The molecule has 12 aromatic rings. The summed E-state index contributed by atoms with van der Waals surface area (Å²) in [6.45, 7) is 0. The Balaban J connectivity index is 1.05. The first-order valence-corrected chi connectivity index (χ1v) is 20.8. The van der Waals surface area contributed by atoms with Gasteiger partial charge in [-0.15, -0.1) is 0 Å². The van der Waals surface area contributed by atoms with Crippen LogP contribution in [-0.4, -0.2) is 4.57 Å². The highest BCUT2D eigenvalue weighted by Gasteiger charge is 2.23. The normalized spacial score (nSPS) is 11.6. The van der Waals surface area contributed by atoms with E-state index < -0.39 is 0 Å². The first kappa shape index (κ1) is 34.9. The van der Waals surface area contributed by atoms with Crippen LogP contribution in [0.4, 0.5) is 17.1 Å². The van der Waals surface area contributed by atoms with Gasteiger partial charge >= 0.3 is 0 Å². The van der Waals surface area contributed by atoms with Gasteiger partial charge < -0.3 is 13.9 Å². The van der Waals surface area contributed by atoms with Crippen LogP contribution >= 0.6 is 0 Å². The van der Waals surface area contributed by atoms with E-state index >= 15 is 0 Å². The summed E-state index contributed by atoms with van der Waals surface area (Å²) >= 11 is 0. The summed E-state index contributed by atoms with van der Waals surface area (Å²) in [5.74, 6) is 0. The first-order valence-electron chi connectivity index (χ1n) is 20.8. The average molecular weight is 779 g/mol. The second-order valence-electron chi connectivity index (χ2n) is 15.6. The lowest BCUT2D eigenvalue weighted by Crippen LogP contribution is -2.10. The van der Waals surface area contributed by atoms with Crippen molar-refractivity contribution in [2.75, 3.05) is 4.90 Å². The Hall–Kier alpha value is -8.14. The SMILES string of the molecule is c1ccc(-c2ccc(N(c3ccc(-c4cccc5ccccc45)cc3)c3ccc(-c4cccc5c4c4ccccc4n5-c4ccccc4)cc3)c3c2oc2ccccc23)cc1. The van der Waals surface area contributed by atoms with Gasteiger partial charge in [-0.05, 0) is 105 Å². The summed E-state index contributed by atoms with van der Waals surface area (Å²) < 4.78 is 9.16. The Kier molecular flexibility index (Phi) is 8.17. The molecule has 286 valence electrons. The fourth-order valence-electron chi connectivity index (χ4n) is 9.44. The molecule has 0 bridgehead atoms. The number of benzene rings is 10. The predicted octanol–water partition coefficient (Wildman–Crippen LogP) is 16.3. The Morgan fingerprint density at radius 2 is 0.902 bits per heavy atom. The largest absolute Gasteiger partial charge is 0.455 e. The minimum Gasteiger partial charge on any atom is -0.455 e. The lowest BCUT2D eigenvalue weighted by atomic mass is 9.97. The van der Waals surface area contributed by atoms with Gasteiger partial charge in [-0.25, -0.2) is 0 Å². The van der Waals surface area contributed by atoms with Crippen LogP contribution in [0.25, 0.3) is 93.6 Å². The minimum atomic E-state index is 0.867. The van der Waals surface area contributed by atoms with Gasteiger partial charge in [-0.1, -0.05) is 164 Å². The third-order valence-corrected chi connectivity index (χ3v) is 12.2. The number of aromatic nitrogens is 1. The van der Waals surface area contributed by atoms with E-state index in [1.54, 1.807) is 0 Å². The zero-order valence-electron chi connectivity index (χ0n) is 33.2. The van der Waals surface area contributed by atoms with E-state index in [0.717, 1.165) is 61.4 Å². The molecular weight excluding hydrogens is 741 g/mol. The second-order valence-corrected chi connectivity index (χ2v) is 15.6. The van der Waals surface area contributed by atoms with Crippen LogP contribution in [-0.2, 0) is 0 Å². The third kappa shape index (κ3) is 5.74. The number of rotatable bonds is 7. The van der Waals surface area contributed by atoms with E-state index in [0.29, 0.717) is 0 Å². The number of anilines is 3. The summed E-state index contributed by atoms with van der Waals surface area (Å²) in [7, 11) is 0. The third-order valence-electron chi connectivity index (χ3n) is 12.2. The number of para-hydroxylation sites is 3. The monoisotopic (exact) mass is 778 g/mol. The van der Waals surface area contributed by atoms with Gasteiger partial charge in [0.2, 0.25) is 0 Å². The maximum atomic E-state index is 6.78. The fourth-order valence-corrected chi connectivity index (χ4v) is 9.44. The maximum Gasteiger partial charge on any atom is 0.145 e. The van der Waals surface area contributed by atoms with E-state index in [9.17, 15) is 0 Å². The van der Waals surface area contributed by atoms with Crippen LogP contribution in [0.2, 0.25) is 0 Å². The quantitative estimate of drug-likeness (QED) is 0.161. The van der Waals surface area contributed by atoms with Gasteiger partial charge in [0.15, 0.2) is 0 Å². The Morgan fingerprint density at radius 3 is 1.67 bits per heavy atom. The molecule has 61 heavy (non-hydrogen) atoms. The molecule has 0 spiro atoms. The highest BCUT2D eigenvalue weighted by molar-refractivity contribution is 6.18. The van der Waals surface area contributed by atoms with E-state index in [4.69, 9.17) is 4.42 Å². The summed E-state index contributed by atoms with van der Waals surface area (Å²) in [5.41, 5.74) is 15.4. The van der Waals surface area contributed by atoms with Crippen molar-refractivity contribution < 1.29 is 4.42 Å². The number of hydrogen-bond acceptors (Lipinski definition) is 2. The molecule has 2 heterocycles. The van der Waals surface area contributed by atoms with Crippen LogP contribution in [0.15, 0.2) is 235 Å². The Labute approximate surface area is 353 Å². The first-order chi connectivity index (χ1) is 30.3. The van der Waals surface area contributed by atoms with E-state index in [2.05, 4.69) is 234 Å². The maximum absolute atomic E-state index is 6.78. The molecule has 0 radical (unpaired) electrons. The van der Waals surface area contributed by atoms with Crippen molar-refractivity contribution in [2.24, 2.45) is 0 Å². The van der Waals surface area contributed by atoms with Crippen molar-refractivity contribution in [3.63, 3.8) is 0 Å². The van der Waals surface area contributed by atoms with Gasteiger partial charge in [0.05, 0.1) is 22.1 Å². The molecule has 0 atom stereocenters. The van der Waals surface area contributed by atoms with Crippen LogP contribution in [0.1, 0.15) is 0 Å². The van der Waals surface area contributed by atoms with E-state index in [1.165, 1.54) is 49.3 Å². The predicted molar refractivity (Wildman–Crippen MR) is 257 cm³/mol. The van der Waals surface area contributed by atoms with Gasteiger partial charge in [-0.3, -0.25) is 0 Å². The zero-order valence-corrected chi connectivity index (χ0v) is 33.2. The number of hydrogen-bond donors (Lipinski definition) is 0. The molecule has 0 amide bonds. The van der Waals surface area contributed by atoms with Crippen molar-refractivity contribution in [3.8, 4) is 39.1 Å². The van der Waals surface area contributed by atoms with Crippen LogP contribution in [0, 0.1) is 0 Å². The topological polar surface area (TPSA) is 21.3 Å². The van der Waals surface area contributed by atoms with E-state index in [1.807, 2.05) is 6.07 Å². The molecule has 0 aliphatic carbocycles. The lowest BCUT2D eigenvalue weighted by molar-refractivity contribution is 0.670. The van der Waals surface area contributed by atoms with Gasteiger partial charge in [-0.2, -0.15) is 0 Å². The van der Waals surface area contributed by atoms with Gasteiger partial charge in [0, 0.05) is 38.8 Å². The van der Waals surface area contributed by atoms with Gasteiger partial charge in [0.1, 0.15) is 11.2 Å². The minimum absolute atomic E-state index is 0.867. The summed E-state index contributed by atoms with van der Waals surface area (Å²) in [4.78, 5) is 2.39. The highest BCUT2D eigenvalue weighted by Crippen LogP contribution is 2.47. The summed E-state index contributed by atoms with van der Waals surface area (Å²) in [5, 5.41) is 7.13. The highest BCUT2D eigenvalue weighted by atomic mass is 16.3. The molecule has 2 aromatic heterocycles. The van der Waals surface area contributed by atoms with Crippen LogP contribution in [0.3, 0.4) is 0 Å². The lowest BCUT2D eigenvalue weighted by Gasteiger charge is -2.27. The molecular formula is C58H38N2O. The Morgan fingerprint density at radius 1 is 0.344 bits per heavy atom. The van der Waals surface area contributed by atoms with Crippen molar-refractivity contribution in [1.29, 1.82) is 0 Å². The number of furan rings is 1. The molecule has 0 saturated carbocycles. The van der Waals surface area contributed by atoms with Crippen LogP contribution < -0.4 is 4.90 Å². The zero-order chi connectivity index (χ0) is 40.3. The van der Waals surface area contributed by atoms with E-state index in [-0.39, 0.29) is 0 Å². The number of nitrogens with zero attached hydrogens (tertiary/aromatic N) is 2. The molecule has 0 aliphatic rings. The molecule has 3 nitrogen and oxygen atoms in total. The molecule has 0 fully saturated rings. The molecule has 0 unspecified atom stereocenters. The molecule has 3 heteroatoms. The molecule has 0 N–H and O–H groups in total. The van der Waals surface area contributed by atoms with Crippen molar-refractivity contribution in [1.82, 2.24) is 4.57 Å². The summed E-state index contributed by atoms with van der Waals surface area (Å²) in [6.07, 6.45) is 0. The summed E-state index contributed by atoms with van der Waals surface area (Å²) in [6, 6.07) is 82.8. The number of fused-ring (bicyclic) bond motifs is 7. The molecule has 0 aliphatic heterocycles. The fraction of sp³-hybridized carbons (Fsp3) is 0. The molecule has 10 aromatic carbocycles. The van der Waals surface area contributed by atoms with Gasteiger partial charge in [0.25, 0.3) is 0 Å². The van der Waals surface area contributed by atoms with Crippen molar-refractivity contribution in [2.45, 2.75) is 0 Å². The molecule has 0 saturated heterocycles. The van der Waals surface area contributed by atoms with Crippen molar-refractivity contribution in [3.05, 3.63) is 231 Å². The van der Waals surface area contributed by atoms with Crippen LogP contribution in [0.5, 0.6) is 0 Å². The second kappa shape index (κ2) is 14.3. The van der Waals surface area contributed by atoms with Crippen molar-refractivity contribution >= 4 is 71.6 Å². The Bertz CT molecular complexity index is 3560.